The van der Waals surface area contributed by atoms with Crippen LogP contribution in [0.4, 0.5) is 0 Å². The summed E-state index contributed by atoms with van der Waals surface area (Å²) >= 11 is 7.56. The van der Waals surface area contributed by atoms with Crippen LogP contribution < -0.4 is 5.32 Å². The second kappa shape index (κ2) is 4.76. The van der Waals surface area contributed by atoms with Crippen molar-refractivity contribution in [3.63, 3.8) is 0 Å². The van der Waals surface area contributed by atoms with Crippen molar-refractivity contribution in [2.24, 2.45) is 0 Å². The van der Waals surface area contributed by atoms with Crippen LogP contribution in [0.5, 0.6) is 0 Å². The van der Waals surface area contributed by atoms with Gasteiger partial charge < -0.3 is 5.32 Å². The van der Waals surface area contributed by atoms with Crippen LogP contribution in [0.3, 0.4) is 0 Å². The smallest absolute Gasteiger partial charge is 0.252 e. The molecule has 0 unspecified atom stereocenters. The summed E-state index contributed by atoms with van der Waals surface area (Å²) in [6.45, 7) is 1.97. The van der Waals surface area contributed by atoms with E-state index in [1.54, 1.807) is 11.3 Å². The van der Waals surface area contributed by atoms with Crippen molar-refractivity contribution in [2.45, 2.75) is 38.1 Å². The Hall–Kier alpha value is -0.540. The molecule has 0 saturated heterocycles. The Kier molecular flexibility index (Phi) is 3.55. The third kappa shape index (κ3) is 2.25. The van der Waals surface area contributed by atoms with Gasteiger partial charge in [-0.2, -0.15) is 11.3 Å². The van der Waals surface area contributed by atoms with Crippen LogP contribution in [0.25, 0.3) is 0 Å². The molecule has 1 aliphatic carbocycles. The first-order valence-electron chi connectivity index (χ1n) is 5.58. The maximum atomic E-state index is 12.1. The first-order chi connectivity index (χ1) is 7.67. The molecule has 1 saturated carbocycles. The number of halogens is 1. The summed E-state index contributed by atoms with van der Waals surface area (Å²) in [6, 6.07) is 0. The molecule has 4 heteroatoms. The summed E-state index contributed by atoms with van der Waals surface area (Å²) in [7, 11) is 0. The molecular formula is C12H16ClNOS. The van der Waals surface area contributed by atoms with Crippen LogP contribution in [0, 0.1) is 6.92 Å². The Labute approximate surface area is 105 Å². The third-order valence-corrected chi connectivity index (χ3v) is 4.67. The molecule has 0 aromatic carbocycles. The van der Waals surface area contributed by atoms with E-state index in [9.17, 15) is 4.79 Å². The molecular weight excluding hydrogens is 242 g/mol. The van der Waals surface area contributed by atoms with E-state index >= 15 is 0 Å². The van der Waals surface area contributed by atoms with Crippen molar-refractivity contribution < 1.29 is 4.79 Å². The SMILES string of the molecule is Cc1cscc1C(=O)NC1(CCl)CCCC1. The maximum Gasteiger partial charge on any atom is 0.252 e. The fourth-order valence-corrected chi connectivity index (χ4v) is 3.41. The normalized spacial score (nSPS) is 18.6. The summed E-state index contributed by atoms with van der Waals surface area (Å²) in [5.41, 5.74) is 1.68. The predicted octanol–water partition coefficient (Wildman–Crippen LogP) is 3.34. The van der Waals surface area contributed by atoms with Gasteiger partial charge in [0.15, 0.2) is 0 Å². The number of hydrogen-bond acceptors (Lipinski definition) is 2. The fraction of sp³-hybridized carbons (Fsp3) is 0.583. The monoisotopic (exact) mass is 257 g/mol. The van der Waals surface area contributed by atoms with Gasteiger partial charge in [-0.1, -0.05) is 12.8 Å². The molecule has 0 bridgehead atoms. The molecule has 2 nitrogen and oxygen atoms in total. The van der Waals surface area contributed by atoms with Gasteiger partial charge in [-0.05, 0) is 30.7 Å². The Morgan fingerprint density at radius 3 is 2.69 bits per heavy atom. The molecule has 2 rings (SSSR count). The third-order valence-electron chi connectivity index (χ3n) is 3.30. The van der Waals surface area contributed by atoms with Crippen LogP contribution >= 0.6 is 22.9 Å². The van der Waals surface area contributed by atoms with Crippen LogP contribution in [0.1, 0.15) is 41.6 Å². The van der Waals surface area contributed by atoms with E-state index in [0.717, 1.165) is 36.8 Å². The van der Waals surface area contributed by atoms with Crippen molar-refractivity contribution in [1.29, 1.82) is 0 Å². The number of thiophene rings is 1. The van der Waals surface area contributed by atoms with Gasteiger partial charge in [0.05, 0.1) is 11.1 Å². The number of rotatable bonds is 3. The van der Waals surface area contributed by atoms with Crippen LogP contribution in [-0.2, 0) is 0 Å². The van der Waals surface area contributed by atoms with E-state index in [1.807, 2.05) is 17.7 Å². The van der Waals surface area contributed by atoms with E-state index in [4.69, 9.17) is 11.6 Å². The van der Waals surface area contributed by atoms with Gasteiger partial charge in [-0.3, -0.25) is 4.79 Å². The zero-order valence-electron chi connectivity index (χ0n) is 9.38. The van der Waals surface area contributed by atoms with Crippen LogP contribution in [0.2, 0.25) is 0 Å². The average molecular weight is 258 g/mol. The van der Waals surface area contributed by atoms with E-state index in [1.165, 1.54) is 0 Å². The Morgan fingerprint density at radius 1 is 1.50 bits per heavy atom. The molecule has 16 heavy (non-hydrogen) atoms. The molecule has 1 N–H and O–H groups in total. The number of carbonyl (C=O) groups is 1. The van der Waals surface area contributed by atoms with Crippen molar-refractivity contribution in [3.8, 4) is 0 Å². The number of nitrogens with one attached hydrogen (secondary N) is 1. The highest BCUT2D eigenvalue weighted by Crippen LogP contribution is 2.31. The fourth-order valence-electron chi connectivity index (χ4n) is 2.25. The molecule has 1 aromatic rings. The van der Waals surface area contributed by atoms with E-state index < -0.39 is 0 Å². The first-order valence-corrected chi connectivity index (χ1v) is 7.06. The van der Waals surface area contributed by atoms with Crippen molar-refractivity contribution in [1.82, 2.24) is 5.32 Å². The van der Waals surface area contributed by atoms with Crippen molar-refractivity contribution in [3.05, 3.63) is 21.9 Å². The molecule has 0 radical (unpaired) electrons. The second-order valence-corrected chi connectivity index (χ2v) is 5.55. The molecule has 1 aromatic heterocycles. The average Bonchev–Trinajstić information content (AvgIpc) is 2.87. The quantitative estimate of drug-likeness (QED) is 0.827. The molecule has 1 heterocycles. The topological polar surface area (TPSA) is 29.1 Å². The van der Waals surface area contributed by atoms with Gasteiger partial charge in [0.2, 0.25) is 0 Å². The van der Waals surface area contributed by atoms with Gasteiger partial charge in [0.1, 0.15) is 0 Å². The van der Waals surface area contributed by atoms with Crippen molar-refractivity contribution in [2.75, 3.05) is 5.88 Å². The molecule has 0 aliphatic heterocycles. The Balaban J connectivity index is 2.09. The largest absolute Gasteiger partial charge is 0.345 e. The summed E-state index contributed by atoms with van der Waals surface area (Å²) in [5.74, 6) is 0.545. The molecule has 1 aliphatic rings. The van der Waals surface area contributed by atoms with Crippen LogP contribution in [0.15, 0.2) is 10.8 Å². The van der Waals surface area contributed by atoms with Gasteiger partial charge in [0.25, 0.3) is 5.91 Å². The Morgan fingerprint density at radius 2 is 2.19 bits per heavy atom. The zero-order valence-corrected chi connectivity index (χ0v) is 11.0. The predicted molar refractivity (Wildman–Crippen MR) is 68.4 cm³/mol. The second-order valence-electron chi connectivity index (χ2n) is 4.54. The first kappa shape index (κ1) is 11.9. The minimum atomic E-state index is -0.160. The number of amides is 1. The van der Waals surface area contributed by atoms with E-state index in [0.29, 0.717) is 5.88 Å². The minimum Gasteiger partial charge on any atom is -0.345 e. The highest BCUT2D eigenvalue weighted by Gasteiger charge is 2.34. The van der Waals surface area contributed by atoms with Gasteiger partial charge in [0, 0.05) is 11.3 Å². The van der Waals surface area contributed by atoms with Gasteiger partial charge in [-0.15, -0.1) is 11.6 Å². The summed E-state index contributed by atoms with van der Waals surface area (Å²) in [4.78, 5) is 12.1. The minimum absolute atomic E-state index is 0.0290. The zero-order chi connectivity index (χ0) is 11.6. The summed E-state index contributed by atoms with van der Waals surface area (Å²) < 4.78 is 0. The van der Waals surface area contributed by atoms with E-state index in [-0.39, 0.29) is 11.4 Å². The summed E-state index contributed by atoms with van der Waals surface area (Å²) in [5, 5.41) is 7.02. The molecule has 88 valence electrons. The molecule has 0 atom stereocenters. The number of alkyl halides is 1. The number of carbonyl (C=O) groups excluding carboxylic acids is 1. The lowest BCUT2D eigenvalue weighted by molar-refractivity contribution is 0.0909. The maximum absolute atomic E-state index is 12.1. The number of hydrogen-bond donors (Lipinski definition) is 1. The highest BCUT2D eigenvalue weighted by molar-refractivity contribution is 7.08. The number of aryl methyl sites for hydroxylation is 1. The lowest BCUT2D eigenvalue weighted by Crippen LogP contribution is -2.47. The standard InChI is InChI=1S/C12H16ClNOS/c1-9-6-16-7-10(9)11(15)14-12(8-13)4-2-3-5-12/h6-7H,2-5,8H2,1H3,(H,14,15). The van der Waals surface area contributed by atoms with Gasteiger partial charge in [-0.25, -0.2) is 0 Å². The van der Waals surface area contributed by atoms with Crippen molar-refractivity contribution >= 4 is 28.8 Å². The molecule has 1 amide bonds. The lowest BCUT2D eigenvalue weighted by Gasteiger charge is -2.27. The molecule has 0 spiro atoms. The lowest BCUT2D eigenvalue weighted by atomic mass is 9.99. The highest BCUT2D eigenvalue weighted by atomic mass is 35.5. The molecule has 1 fully saturated rings. The Bertz CT molecular complexity index is 382. The van der Waals surface area contributed by atoms with E-state index in [2.05, 4.69) is 5.32 Å². The van der Waals surface area contributed by atoms with Crippen LogP contribution in [-0.4, -0.2) is 17.3 Å². The summed E-state index contributed by atoms with van der Waals surface area (Å²) in [6.07, 6.45) is 4.34. The van der Waals surface area contributed by atoms with Gasteiger partial charge >= 0.3 is 0 Å².